The highest BCUT2D eigenvalue weighted by Crippen LogP contribution is 2.34. The molecule has 1 aromatic carbocycles. The summed E-state index contributed by atoms with van der Waals surface area (Å²) in [5, 5.41) is 0. The van der Waals surface area contributed by atoms with Crippen LogP contribution in [0.3, 0.4) is 0 Å². The minimum atomic E-state index is -0.366. The van der Waals surface area contributed by atoms with Gasteiger partial charge in [-0.05, 0) is 25.0 Å². The molecule has 0 unspecified atom stereocenters. The molecule has 0 saturated carbocycles. The summed E-state index contributed by atoms with van der Waals surface area (Å²) >= 11 is 0. The van der Waals surface area contributed by atoms with Crippen molar-refractivity contribution in [2.75, 3.05) is 43.2 Å². The zero-order valence-electron chi connectivity index (χ0n) is 15.1. The molecule has 0 radical (unpaired) electrons. The van der Waals surface area contributed by atoms with Crippen LogP contribution in [0.5, 0.6) is 11.6 Å². The number of hydrogen-bond donors (Lipinski definition) is 0. The maximum atomic E-state index is 13.4. The van der Waals surface area contributed by atoms with Crippen LogP contribution in [-0.2, 0) is 4.79 Å². The van der Waals surface area contributed by atoms with Gasteiger partial charge in [-0.3, -0.25) is 4.79 Å². The summed E-state index contributed by atoms with van der Waals surface area (Å²) in [7, 11) is 1.57. The number of aromatic nitrogens is 2. The first-order valence-electron chi connectivity index (χ1n) is 9.01. The third-order valence-electron chi connectivity index (χ3n) is 5.00. The number of carbonyl (C=O) groups excluding carboxylic acids is 1. The second-order valence-electron chi connectivity index (χ2n) is 6.61. The van der Waals surface area contributed by atoms with E-state index in [9.17, 15) is 9.18 Å². The molecule has 0 spiro atoms. The average molecular weight is 372 g/mol. The molecule has 2 aliphatic rings. The third kappa shape index (κ3) is 3.51. The Morgan fingerprint density at radius 2 is 2.07 bits per heavy atom. The fraction of sp³-hybridized carbons (Fsp3) is 0.421. The van der Waals surface area contributed by atoms with E-state index < -0.39 is 0 Å². The summed E-state index contributed by atoms with van der Waals surface area (Å²) in [6.07, 6.45) is 3.10. The molecule has 4 rings (SSSR count). The maximum Gasteiger partial charge on any atom is 0.230 e. The molecule has 0 N–H and O–H groups in total. The maximum absolute atomic E-state index is 13.4. The Bertz CT molecular complexity index is 839. The van der Waals surface area contributed by atoms with Crippen molar-refractivity contribution in [2.45, 2.75) is 12.8 Å². The van der Waals surface area contributed by atoms with Crippen molar-refractivity contribution in [1.82, 2.24) is 9.97 Å². The van der Waals surface area contributed by atoms with Crippen molar-refractivity contribution < 1.29 is 18.7 Å². The molecule has 2 aromatic rings. The normalized spacial score (nSPS) is 17.3. The second-order valence-corrected chi connectivity index (χ2v) is 6.61. The van der Waals surface area contributed by atoms with Gasteiger partial charge in [-0.2, -0.15) is 4.98 Å². The molecule has 1 amide bonds. The van der Waals surface area contributed by atoms with Crippen LogP contribution in [0.4, 0.5) is 16.0 Å². The van der Waals surface area contributed by atoms with E-state index >= 15 is 0 Å². The van der Waals surface area contributed by atoms with E-state index in [2.05, 4.69) is 14.9 Å². The number of hydrogen-bond acceptors (Lipinski definition) is 6. The van der Waals surface area contributed by atoms with E-state index in [1.807, 2.05) is 0 Å². The average Bonchev–Trinajstić information content (AvgIpc) is 2.72. The minimum absolute atomic E-state index is 0.0670. The Morgan fingerprint density at radius 1 is 1.26 bits per heavy atom. The highest BCUT2D eigenvalue weighted by atomic mass is 19.1. The second kappa shape index (κ2) is 7.38. The number of fused-ring (bicyclic) bond motifs is 1. The summed E-state index contributed by atoms with van der Waals surface area (Å²) in [4.78, 5) is 25.5. The minimum Gasteiger partial charge on any atom is -0.489 e. The predicted octanol–water partition coefficient (Wildman–Crippen LogP) is 2.27. The zero-order chi connectivity index (χ0) is 18.8. The zero-order valence-corrected chi connectivity index (χ0v) is 15.1. The fourth-order valence-corrected chi connectivity index (χ4v) is 3.57. The Hall–Kier alpha value is -2.90. The van der Waals surface area contributed by atoms with Crippen LogP contribution in [-0.4, -0.2) is 49.2 Å². The molecule has 27 heavy (non-hydrogen) atoms. The number of piperidine rings is 1. The quantitative estimate of drug-likeness (QED) is 0.823. The van der Waals surface area contributed by atoms with E-state index in [0.717, 1.165) is 0 Å². The summed E-state index contributed by atoms with van der Waals surface area (Å²) < 4.78 is 24.1. The van der Waals surface area contributed by atoms with Crippen molar-refractivity contribution in [3.63, 3.8) is 0 Å². The molecule has 8 heteroatoms. The number of nitrogens with zero attached hydrogens (tertiary/aromatic N) is 4. The number of methoxy groups -OCH3 is 1. The highest BCUT2D eigenvalue weighted by Gasteiger charge is 2.32. The first-order valence-corrected chi connectivity index (χ1v) is 9.01. The lowest BCUT2D eigenvalue weighted by atomic mass is 9.95. The summed E-state index contributed by atoms with van der Waals surface area (Å²) in [6, 6.07) is 6.01. The van der Waals surface area contributed by atoms with Gasteiger partial charge >= 0.3 is 0 Å². The molecule has 0 bridgehead atoms. The van der Waals surface area contributed by atoms with Crippen molar-refractivity contribution in [1.29, 1.82) is 0 Å². The number of rotatable bonds is 3. The van der Waals surface area contributed by atoms with Crippen LogP contribution in [0, 0.1) is 11.7 Å². The van der Waals surface area contributed by atoms with Crippen LogP contribution in [0.25, 0.3) is 0 Å². The lowest BCUT2D eigenvalue weighted by Gasteiger charge is -2.36. The number of amides is 1. The van der Waals surface area contributed by atoms with Crippen molar-refractivity contribution in [3.05, 3.63) is 36.3 Å². The van der Waals surface area contributed by atoms with Gasteiger partial charge < -0.3 is 19.3 Å². The van der Waals surface area contributed by atoms with Gasteiger partial charge in [0.05, 0.1) is 19.3 Å². The van der Waals surface area contributed by atoms with Gasteiger partial charge in [0, 0.05) is 37.3 Å². The Kier molecular flexibility index (Phi) is 4.79. The summed E-state index contributed by atoms with van der Waals surface area (Å²) in [5.41, 5.74) is 0.645. The Balaban J connectivity index is 1.44. The molecule has 0 aliphatic carbocycles. The molecule has 2 aliphatic heterocycles. The SMILES string of the molecule is COc1ccnc(N2CCC(C(=O)N3CCOc4cc(F)ccc43)CC2)n1. The van der Waals surface area contributed by atoms with Crippen LogP contribution < -0.4 is 19.3 Å². The Morgan fingerprint density at radius 3 is 2.85 bits per heavy atom. The molecule has 7 nitrogen and oxygen atoms in total. The predicted molar refractivity (Wildman–Crippen MR) is 97.8 cm³/mol. The van der Waals surface area contributed by atoms with Gasteiger partial charge in [-0.15, -0.1) is 0 Å². The Labute approximate surface area is 156 Å². The standard InChI is InChI=1S/C19H21FN4O3/c1-26-17-4-7-21-19(22-17)23-8-5-13(6-9-23)18(25)24-10-11-27-16-12-14(20)2-3-15(16)24/h2-4,7,12-13H,5-6,8-11H2,1H3. The first-order chi connectivity index (χ1) is 13.2. The van der Waals surface area contributed by atoms with E-state index in [1.165, 1.54) is 12.1 Å². The summed E-state index contributed by atoms with van der Waals surface area (Å²) in [6.45, 7) is 2.25. The molecule has 142 valence electrons. The number of halogens is 1. The lowest BCUT2D eigenvalue weighted by Crippen LogP contribution is -2.45. The largest absolute Gasteiger partial charge is 0.489 e. The van der Waals surface area contributed by atoms with Gasteiger partial charge in [-0.1, -0.05) is 0 Å². The molecular formula is C19H21FN4O3. The van der Waals surface area contributed by atoms with Crippen LogP contribution in [0.15, 0.2) is 30.5 Å². The van der Waals surface area contributed by atoms with E-state index in [4.69, 9.17) is 9.47 Å². The monoisotopic (exact) mass is 372 g/mol. The molecule has 1 fully saturated rings. The number of carbonyl (C=O) groups is 1. The van der Waals surface area contributed by atoms with E-state index in [-0.39, 0.29) is 17.6 Å². The van der Waals surface area contributed by atoms with Crippen LogP contribution in [0.2, 0.25) is 0 Å². The fourth-order valence-electron chi connectivity index (χ4n) is 3.57. The molecular weight excluding hydrogens is 351 g/mol. The highest BCUT2D eigenvalue weighted by molar-refractivity contribution is 5.97. The smallest absolute Gasteiger partial charge is 0.230 e. The number of benzene rings is 1. The van der Waals surface area contributed by atoms with Crippen molar-refractivity contribution in [3.8, 4) is 11.6 Å². The van der Waals surface area contributed by atoms with Crippen molar-refractivity contribution >= 4 is 17.5 Å². The molecule has 3 heterocycles. The summed E-state index contributed by atoms with van der Waals surface area (Å²) in [5.74, 6) is 1.19. The van der Waals surface area contributed by atoms with Crippen LogP contribution in [0.1, 0.15) is 12.8 Å². The van der Waals surface area contributed by atoms with Gasteiger partial charge in [0.25, 0.3) is 0 Å². The van der Waals surface area contributed by atoms with Gasteiger partial charge in [-0.25, -0.2) is 9.37 Å². The van der Waals surface area contributed by atoms with Gasteiger partial charge in [0.2, 0.25) is 17.7 Å². The van der Waals surface area contributed by atoms with Gasteiger partial charge in [0.15, 0.2) is 0 Å². The topological polar surface area (TPSA) is 67.8 Å². The van der Waals surface area contributed by atoms with E-state index in [1.54, 1.807) is 30.3 Å². The molecule has 1 aromatic heterocycles. The van der Waals surface area contributed by atoms with Gasteiger partial charge in [0.1, 0.15) is 18.2 Å². The third-order valence-corrected chi connectivity index (χ3v) is 5.00. The molecule has 0 atom stereocenters. The lowest BCUT2D eigenvalue weighted by molar-refractivity contribution is -0.123. The molecule has 1 saturated heterocycles. The number of ether oxygens (including phenoxy) is 2. The van der Waals surface area contributed by atoms with Crippen molar-refractivity contribution in [2.24, 2.45) is 5.92 Å². The first kappa shape index (κ1) is 17.5. The van der Waals surface area contributed by atoms with E-state index in [0.29, 0.717) is 62.3 Å². The van der Waals surface area contributed by atoms with Crippen LogP contribution >= 0.6 is 0 Å². The number of anilines is 2.